The first kappa shape index (κ1) is 51.6. The number of unbranched alkanes of at least 4 members (excludes halogenated alkanes) is 19. The number of carbonyl (C=O) groups is 2. The molecule has 0 aromatic carbocycles. The lowest BCUT2D eigenvalue weighted by atomic mass is 9.98. The van der Waals surface area contributed by atoms with Crippen molar-refractivity contribution in [2.75, 3.05) is 26.4 Å². The molecule has 0 saturated carbocycles. The van der Waals surface area contributed by atoms with Crippen LogP contribution in [0.2, 0.25) is 0 Å². The van der Waals surface area contributed by atoms with Gasteiger partial charge in [-0.3, -0.25) is 9.59 Å². The minimum absolute atomic E-state index is 0.172. The van der Waals surface area contributed by atoms with Crippen molar-refractivity contribution in [2.24, 2.45) is 0 Å². The molecule has 0 amide bonds. The molecule has 0 aromatic heterocycles. The number of ether oxygens (including phenoxy) is 6. The zero-order valence-corrected chi connectivity index (χ0v) is 34.8. The molecule has 2 fully saturated rings. The molecule has 2 heterocycles. The molecular formula is C42H78O15. The van der Waals surface area contributed by atoms with E-state index in [1.807, 2.05) is 0 Å². The Morgan fingerprint density at radius 2 is 0.895 bits per heavy atom. The average molecular weight is 823 g/mol. The highest BCUT2D eigenvalue weighted by Gasteiger charge is 2.47. The van der Waals surface area contributed by atoms with Gasteiger partial charge in [0.25, 0.3) is 0 Å². The molecule has 2 rings (SSSR count). The highest BCUT2D eigenvalue weighted by molar-refractivity contribution is 5.70. The van der Waals surface area contributed by atoms with Gasteiger partial charge >= 0.3 is 11.9 Å². The van der Waals surface area contributed by atoms with Crippen molar-refractivity contribution in [1.82, 2.24) is 0 Å². The van der Waals surface area contributed by atoms with Crippen molar-refractivity contribution >= 4 is 11.9 Å². The predicted octanol–water partition coefficient (Wildman–Crippen LogP) is 4.09. The summed E-state index contributed by atoms with van der Waals surface area (Å²) in [5.41, 5.74) is 0. The summed E-state index contributed by atoms with van der Waals surface area (Å²) >= 11 is 0. The van der Waals surface area contributed by atoms with Crippen LogP contribution in [0.25, 0.3) is 0 Å². The molecule has 0 aromatic rings. The van der Waals surface area contributed by atoms with Crippen LogP contribution in [0.1, 0.15) is 162 Å². The van der Waals surface area contributed by atoms with Gasteiger partial charge in [-0.15, -0.1) is 0 Å². The Morgan fingerprint density at radius 1 is 0.491 bits per heavy atom. The number of aliphatic hydroxyl groups excluding tert-OH is 7. The van der Waals surface area contributed by atoms with E-state index < -0.39 is 92.7 Å². The normalized spacial score (nSPS) is 28.3. The molecule has 7 N–H and O–H groups in total. The lowest BCUT2D eigenvalue weighted by Crippen LogP contribution is -2.61. The van der Waals surface area contributed by atoms with Crippen molar-refractivity contribution in [2.45, 2.75) is 229 Å². The first-order chi connectivity index (χ1) is 27.5. The van der Waals surface area contributed by atoms with Crippen LogP contribution in [0.4, 0.5) is 0 Å². The van der Waals surface area contributed by atoms with Gasteiger partial charge in [0, 0.05) is 12.8 Å². The summed E-state index contributed by atoms with van der Waals surface area (Å²) in [5, 5.41) is 71.7. The van der Waals surface area contributed by atoms with Gasteiger partial charge in [0.2, 0.25) is 0 Å². The Hall–Kier alpha value is -1.50. The van der Waals surface area contributed by atoms with Crippen LogP contribution < -0.4 is 0 Å². The number of esters is 2. The monoisotopic (exact) mass is 823 g/mol. The summed E-state index contributed by atoms with van der Waals surface area (Å²) in [6.07, 6.45) is 7.30. The Kier molecular flexibility index (Phi) is 28.4. The van der Waals surface area contributed by atoms with Gasteiger partial charge < -0.3 is 64.2 Å². The average Bonchev–Trinajstić information content (AvgIpc) is 3.20. The molecule has 15 heteroatoms. The van der Waals surface area contributed by atoms with Crippen LogP contribution in [-0.4, -0.2) is 142 Å². The van der Waals surface area contributed by atoms with E-state index in [-0.39, 0.29) is 26.1 Å². The molecular weight excluding hydrogens is 744 g/mol. The molecule has 336 valence electrons. The lowest BCUT2D eigenvalue weighted by Gasteiger charge is -2.42. The van der Waals surface area contributed by atoms with Crippen molar-refractivity contribution in [3.63, 3.8) is 0 Å². The summed E-state index contributed by atoms with van der Waals surface area (Å²) in [5.74, 6) is -0.921. The van der Waals surface area contributed by atoms with Gasteiger partial charge in [-0.25, -0.2) is 0 Å². The van der Waals surface area contributed by atoms with E-state index in [0.29, 0.717) is 12.8 Å². The maximum absolute atomic E-state index is 12.9. The summed E-state index contributed by atoms with van der Waals surface area (Å²) < 4.78 is 33.4. The largest absolute Gasteiger partial charge is 0.462 e. The number of rotatable bonds is 33. The Morgan fingerprint density at radius 3 is 1.37 bits per heavy atom. The fourth-order valence-corrected chi connectivity index (χ4v) is 7.10. The zero-order valence-electron chi connectivity index (χ0n) is 34.8. The fraction of sp³-hybridized carbons (Fsp3) is 0.952. The number of aliphatic hydroxyl groups is 7. The summed E-state index contributed by atoms with van der Waals surface area (Å²) in [6.45, 7) is 2.55. The van der Waals surface area contributed by atoms with E-state index in [1.54, 1.807) is 0 Å². The Bertz CT molecular complexity index is 1020. The minimum atomic E-state index is -1.76. The standard InChI is InChI=1S/C42H78O15/c1-3-5-7-9-11-13-15-17-19-21-23-25-34(45)55-30(27-52-33(44)24-22-20-18-16-14-12-10-8-6-4-2)28-53-41-40(51)38(49)36(47)32(57-41)29-54-42-39(50)37(48)35(46)31(26-43)56-42/h30-32,35-43,46-51H,3-29H2,1-2H3. The molecule has 11 atom stereocenters. The van der Waals surface area contributed by atoms with Gasteiger partial charge in [-0.05, 0) is 12.8 Å². The number of carbonyl (C=O) groups excluding carboxylic acids is 2. The highest BCUT2D eigenvalue weighted by Crippen LogP contribution is 2.26. The van der Waals surface area contributed by atoms with E-state index in [2.05, 4.69) is 13.8 Å². The van der Waals surface area contributed by atoms with Crippen molar-refractivity contribution in [1.29, 1.82) is 0 Å². The second-order valence-corrected chi connectivity index (χ2v) is 15.9. The maximum atomic E-state index is 12.9. The topological polar surface area (TPSA) is 231 Å². The molecule has 2 aliphatic heterocycles. The zero-order chi connectivity index (χ0) is 41.8. The third-order valence-corrected chi connectivity index (χ3v) is 10.8. The molecule has 57 heavy (non-hydrogen) atoms. The SMILES string of the molecule is CCCCCCCCCCCCCC(=O)OC(COC(=O)CCCCCCCCCCCC)COC1OC(COC2OC(CO)C(O)C(O)C2O)C(O)C(O)C1O. The van der Waals surface area contributed by atoms with Crippen molar-refractivity contribution in [3.8, 4) is 0 Å². The molecule has 2 saturated heterocycles. The van der Waals surface area contributed by atoms with Gasteiger partial charge in [0.1, 0.15) is 55.4 Å². The first-order valence-electron chi connectivity index (χ1n) is 22.1. The van der Waals surface area contributed by atoms with E-state index in [4.69, 9.17) is 28.4 Å². The number of hydrogen-bond donors (Lipinski definition) is 7. The van der Waals surface area contributed by atoms with Gasteiger partial charge in [0.15, 0.2) is 18.7 Å². The van der Waals surface area contributed by atoms with Crippen LogP contribution >= 0.6 is 0 Å². The van der Waals surface area contributed by atoms with Crippen molar-refractivity contribution < 1.29 is 73.8 Å². The maximum Gasteiger partial charge on any atom is 0.306 e. The Labute approximate surface area is 340 Å². The van der Waals surface area contributed by atoms with E-state index >= 15 is 0 Å². The second kappa shape index (κ2) is 31.4. The highest BCUT2D eigenvalue weighted by atomic mass is 16.7. The smallest absolute Gasteiger partial charge is 0.306 e. The third-order valence-electron chi connectivity index (χ3n) is 10.8. The summed E-state index contributed by atoms with van der Waals surface area (Å²) in [4.78, 5) is 25.5. The van der Waals surface area contributed by atoms with E-state index in [9.17, 15) is 45.3 Å². The van der Waals surface area contributed by atoms with Crippen LogP contribution in [0.15, 0.2) is 0 Å². The predicted molar refractivity (Wildman–Crippen MR) is 211 cm³/mol. The first-order valence-corrected chi connectivity index (χ1v) is 22.1. The molecule has 15 nitrogen and oxygen atoms in total. The van der Waals surface area contributed by atoms with Crippen LogP contribution in [-0.2, 0) is 38.0 Å². The van der Waals surface area contributed by atoms with E-state index in [1.165, 1.54) is 83.5 Å². The molecule has 0 spiro atoms. The van der Waals surface area contributed by atoms with Crippen LogP contribution in [0.3, 0.4) is 0 Å². The molecule has 0 bridgehead atoms. The van der Waals surface area contributed by atoms with Gasteiger partial charge in [-0.1, -0.05) is 136 Å². The minimum Gasteiger partial charge on any atom is -0.462 e. The Balaban J connectivity index is 1.87. The van der Waals surface area contributed by atoms with Gasteiger partial charge in [0.05, 0.1) is 19.8 Å². The van der Waals surface area contributed by atoms with Crippen molar-refractivity contribution in [3.05, 3.63) is 0 Å². The quantitative estimate of drug-likeness (QED) is 0.0365. The molecule has 2 aliphatic rings. The summed E-state index contributed by atoms with van der Waals surface area (Å²) in [7, 11) is 0. The third kappa shape index (κ3) is 21.0. The fourth-order valence-electron chi connectivity index (χ4n) is 7.10. The molecule has 0 aliphatic carbocycles. The molecule has 11 unspecified atom stereocenters. The molecule has 0 radical (unpaired) electrons. The summed E-state index contributed by atoms with van der Waals surface area (Å²) in [6, 6.07) is 0. The van der Waals surface area contributed by atoms with Crippen LogP contribution in [0.5, 0.6) is 0 Å². The second-order valence-electron chi connectivity index (χ2n) is 15.9. The van der Waals surface area contributed by atoms with Crippen LogP contribution in [0, 0.1) is 0 Å². The van der Waals surface area contributed by atoms with Gasteiger partial charge in [-0.2, -0.15) is 0 Å². The van der Waals surface area contributed by atoms with E-state index in [0.717, 1.165) is 38.5 Å². The lowest BCUT2D eigenvalue weighted by molar-refractivity contribution is -0.332. The number of hydrogen-bond acceptors (Lipinski definition) is 15.